The van der Waals surface area contributed by atoms with Gasteiger partial charge in [0.25, 0.3) is 0 Å². The first-order valence-electron chi connectivity index (χ1n) is 10.9. The van der Waals surface area contributed by atoms with Gasteiger partial charge in [0.05, 0.1) is 0 Å². The van der Waals surface area contributed by atoms with E-state index in [0.29, 0.717) is 29.2 Å². The minimum atomic E-state index is -0.812. The maximum atomic E-state index is 14.5. The molecular weight excluding hydrogens is 564 g/mol. The number of nitrogens with zero attached hydrogens (tertiary/aromatic N) is 1. The van der Waals surface area contributed by atoms with Gasteiger partial charge in [0.2, 0.25) is 0 Å². The van der Waals surface area contributed by atoms with Crippen molar-refractivity contribution in [2.45, 2.75) is 3.92 Å². The van der Waals surface area contributed by atoms with Crippen LogP contribution in [0.1, 0.15) is 20.0 Å². The van der Waals surface area contributed by atoms with Crippen LogP contribution in [0.4, 0.5) is 27.1 Å². The van der Waals surface area contributed by atoms with Gasteiger partial charge in [0, 0.05) is 0 Å². The average molecular weight is 584 g/mol. The molecule has 2 aromatic heterocycles. The summed E-state index contributed by atoms with van der Waals surface area (Å²) in [7, 11) is 1.41. The molecule has 0 aliphatic carbocycles. The molecule has 0 saturated heterocycles. The second kappa shape index (κ2) is 8.77. The molecule has 178 valence electrons. The number of H-pyrrole nitrogens is 1. The second-order valence-corrected chi connectivity index (χ2v) is 10.5. The number of rotatable bonds is 3. The first-order chi connectivity index (χ1) is 17.1. The van der Waals surface area contributed by atoms with Crippen LogP contribution in [-0.2, 0) is 0 Å². The molecule has 2 aromatic carbocycles. The number of para-hydroxylation sites is 1. The summed E-state index contributed by atoms with van der Waals surface area (Å²) in [4.78, 5) is 21.0. The van der Waals surface area contributed by atoms with Crippen LogP contribution in [0.25, 0.3) is 11.3 Å². The number of anilines is 4. The van der Waals surface area contributed by atoms with E-state index in [-0.39, 0.29) is 15.6 Å². The minimum absolute atomic E-state index is 0.0103. The van der Waals surface area contributed by atoms with Gasteiger partial charge in [-0.05, 0) is 0 Å². The van der Waals surface area contributed by atoms with Crippen LogP contribution in [0.3, 0.4) is 0 Å². The summed E-state index contributed by atoms with van der Waals surface area (Å²) in [6.07, 6.45) is 3.43. The fourth-order valence-electron chi connectivity index (χ4n) is 4.28. The van der Waals surface area contributed by atoms with Gasteiger partial charge in [0.15, 0.2) is 0 Å². The molecule has 0 radical (unpaired) electrons. The van der Waals surface area contributed by atoms with Crippen molar-refractivity contribution in [3.8, 4) is 22.8 Å². The molecule has 3 aliphatic heterocycles. The molecule has 3 aliphatic rings. The van der Waals surface area contributed by atoms with Crippen molar-refractivity contribution in [3.05, 3.63) is 78.0 Å². The van der Waals surface area contributed by atoms with E-state index in [4.69, 9.17) is 7.80 Å². The zero-order chi connectivity index (χ0) is 23.9. The van der Waals surface area contributed by atoms with Gasteiger partial charge in [-0.25, -0.2) is 0 Å². The summed E-state index contributed by atoms with van der Waals surface area (Å²) in [6.45, 7) is 0.474. The number of hydrogen-bond donors (Lipinski definition) is 4. The Balaban J connectivity index is 1.59. The van der Waals surface area contributed by atoms with Crippen LogP contribution in [-0.4, -0.2) is 29.5 Å². The summed E-state index contributed by atoms with van der Waals surface area (Å²) < 4.78 is 25.9. The molecular formula is C25H20FIN5O3-. The first kappa shape index (κ1) is 21.7. The van der Waals surface area contributed by atoms with Gasteiger partial charge >= 0.3 is 212 Å². The SMILES string of the molecule is COc1c(F)cccc1Nc1c2[nH]c3c1C(=O)NC[C@@H]3[I-]Oc1ccc(cc1)Nc1cnccc1-2. The summed E-state index contributed by atoms with van der Waals surface area (Å²) >= 11 is -0.812. The predicted molar refractivity (Wildman–Crippen MR) is 126 cm³/mol. The van der Waals surface area contributed by atoms with Gasteiger partial charge < -0.3 is 0 Å². The van der Waals surface area contributed by atoms with Crippen LogP contribution >= 0.6 is 0 Å². The number of halogens is 2. The van der Waals surface area contributed by atoms with E-state index in [9.17, 15) is 9.18 Å². The Labute approximate surface area is 211 Å². The molecule has 1 atom stereocenters. The van der Waals surface area contributed by atoms with Crippen molar-refractivity contribution in [2.24, 2.45) is 0 Å². The molecule has 0 fully saturated rings. The number of methoxy groups -OCH3 is 1. The summed E-state index contributed by atoms with van der Waals surface area (Å²) in [5.74, 6) is 0.141. The number of ether oxygens (including phenoxy) is 1. The number of amides is 1. The van der Waals surface area contributed by atoms with E-state index in [1.165, 1.54) is 13.2 Å². The molecule has 35 heavy (non-hydrogen) atoms. The number of nitrogens with one attached hydrogen (secondary N) is 4. The maximum absolute atomic E-state index is 14.5. The van der Waals surface area contributed by atoms with Crippen molar-refractivity contribution >= 4 is 28.7 Å². The fraction of sp³-hybridized carbons (Fsp3) is 0.120. The molecule has 1 amide bonds. The van der Waals surface area contributed by atoms with Gasteiger partial charge in [0.1, 0.15) is 0 Å². The Morgan fingerprint density at radius 1 is 1.20 bits per heavy atom. The summed E-state index contributed by atoms with van der Waals surface area (Å²) in [5, 5.41) is 9.70. The third-order valence-electron chi connectivity index (χ3n) is 5.91. The number of aromatic amines is 1. The van der Waals surface area contributed by atoms with Crippen molar-refractivity contribution < 1.29 is 38.6 Å². The third kappa shape index (κ3) is 3.83. The van der Waals surface area contributed by atoms with Crippen LogP contribution < -0.4 is 45.4 Å². The monoisotopic (exact) mass is 584 g/mol. The number of fused-ring (bicyclic) bond motifs is 3. The molecule has 4 aromatic rings. The standard InChI is InChI=1S/C25H20FIN5O3/c1-34-24-16(26)3-2-4-18(24)31-23-20-22-17(11-29-25(20)33)27-35-14-7-5-13(6-8-14)30-19-12-28-10-9-15(19)21(23)32-22/h2-10,12,17,30-32H,11H2,1H3,(H,29,33)/q-1/t17-/m0/s1. The van der Waals surface area contributed by atoms with E-state index in [0.717, 1.165) is 28.4 Å². The fourth-order valence-corrected chi connectivity index (χ4v) is 6.29. The predicted octanol–water partition coefficient (Wildman–Crippen LogP) is 1.89. The Kier molecular flexibility index (Phi) is 5.44. The number of carbonyl (C=O) groups excluding carboxylic acids is 1. The van der Waals surface area contributed by atoms with Crippen molar-refractivity contribution in [1.29, 1.82) is 0 Å². The van der Waals surface area contributed by atoms with Crippen LogP contribution in [0.5, 0.6) is 11.5 Å². The molecule has 10 heteroatoms. The molecule has 7 rings (SSSR count). The van der Waals surface area contributed by atoms with Crippen LogP contribution in [0, 0.1) is 5.82 Å². The molecule has 0 saturated carbocycles. The zero-order valence-electron chi connectivity index (χ0n) is 18.5. The Hall–Kier alpha value is -3.80. The number of carbonyl (C=O) groups is 1. The van der Waals surface area contributed by atoms with E-state index in [2.05, 4.69) is 25.9 Å². The summed E-state index contributed by atoms with van der Waals surface area (Å²) in [6, 6.07) is 14.3. The van der Waals surface area contributed by atoms with Crippen LogP contribution in [0.15, 0.2) is 60.9 Å². The van der Waals surface area contributed by atoms with E-state index < -0.39 is 27.4 Å². The van der Waals surface area contributed by atoms with E-state index >= 15 is 0 Å². The number of aromatic nitrogens is 2. The van der Waals surface area contributed by atoms with Crippen molar-refractivity contribution in [1.82, 2.24) is 15.3 Å². The quantitative estimate of drug-likeness (QED) is 0.217. The van der Waals surface area contributed by atoms with Crippen LogP contribution in [0.2, 0.25) is 0 Å². The number of pyridine rings is 1. The van der Waals surface area contributed by atoms with Crippen molar-refractivity contribution in [3.63, 3.8) is 0 Å². The zero-order valence-corrected chi connectivity index (χ0v) is 20.6. The molecule has 4 bridgehead atoms. The van der Waals surface area contributed by atoms with Gasteiger partial charge in [-0.15, -0.1) is 0 Å². The van der Waals surface area contributed by atoms with Crippen molar-refractivity contribution in [2.75, 3.05) is 24.3 Å². The molecule has 0 spiro atoms. The third-order valence-corrected chi connectivity index (χ3v) is 8.35. The first-order valence-corrected chi connectivity index (χ1v) is 13.0. The Morgan fingerprint density at radius 2 is 2.06 bits per heavy atom. The Bertz CT molecular complexity index is 1440. The summed E-state index contributed by atoms with van der Waals surface area (Å²) in [5.41, 5.74) is 5.35. The molecule has 5 heterocycles. The van der Waals surface area contributed by atoms with Gasteiger partial charge in [-0.1, -0.05) is 0 Å². The number of benzene rings is 2. The average Bonchev–Trinajstić information content (AvgIpc) is 3.25. The van der Waals surface area contributed by atoms with E-state index in [1.54, 1.807) is 24.5 Å². The molecule has 4 N–H and O–H groups in total. The van der Waals surface area contributed by atoms with Gasteiger partial charge in [-0.3, -0.25) is 0 Å². The normalized spacial score (nSPS) is 16.2. The van der Waals surface area contributed by atoms with Gasteiger partial charge in [-0.2, -0.15) is 0 Å². The second-order valence-electron chi connectivity index (χ2n) is 8.02. The molecule has 0 unspecified atom stereocenters. The Morgan fingerprint density at radius 3 is 2.89 bits per heavy atom. The number of alkyl halides is 1. The topological polar surface area (TPSA) is 100 Å². The number of hydrogen-bond acceptors (Lipinski definition) is 6. The molecule has 8 nitrogen and oxygen atoms in total. The van der Waals surface area contributed by atoms with E-state index in [1.807, 2.05) is 30.3 Å².